The summed E-state index contributed by atoms with van der Waals surface area (Å²) in [5, 5.41) is 92.5. The molecule has 0 aliphatic rings. The molecule has 0 aromatic heterocycles. The lowest BCUT2D eigenvalue weighted by Gasteiger charge is -2.31. The Morgan fingerprint density at radius 1 is 0.275 bits per heavy atom. The van der Waals surface area contributed by atoms with Gasteiger partial charge in [0.1, 0.15) is 11.4 Å². The molecule has 0 radical (unpaired) electrons. The van der Waals surface area contributed by atoms with Crippen LogP contribution < -0.4 is 4.90 Å². The lowest BCUT2D eigenvalue weighted by atomic mass is 9.95. The van der Waals surface area contributed by atoms with Crippen molar-refractivity contribution in [1.82, 2.24) is 0 Å². The molecule has 0 saturated carbocycles. The van der Waals surface area contributed by atoms with E-state index in [2.05, 4.69) is 0 Å². The molecule has 9 heteroatoms. The van der Waals surface area contributed by atoms with Crippen LogP contribution in [0.5, 0.6) is 46.0 Å². The zero-order valence-corrected chi connectivity index (χ0v) is 26.8. The Morgan fingerprint density at radius 2 is 0.549 bits per heavy atom. The van der Waals surface area contributed by atoms with Gasteiger partial charge in [-0.15, -0.1) is 0 Å². The first-order valence-corrected chi connectivity index (χ1v) is 15.8. The molecule has 0 bridgehead atoms. The monoisotopic (exact) mass is 677 g/mol. The van der Waals surface area contributed by atoms with Gasteiger partial charge >= 0.3 is 0 Å². The maximum absolute atomic E-state index is 11.7. The molecule has 51 heavy (non-hydrogen) atoms. The van der Waals surface area contributed by atoms with Crippen molar-refractivity contribution in [3.63, 3.8) is 0 Å². The molecule has 7 aromatic rings. The van der Waals surface area contributed by atoms with Gasteiger partial charge in [0.25, 0.3) is 0 Å². The molecule has 9 nitrogen and oxygen atoms in total. The van der Waals surface area contributed by atoms with Gasteiger partial charge in [0.05, 0.1) is 11.1 Å². The smallest absolute Gasteiger partial charge is 0.186 e. The van der Waals surface area contributed by atoms with Crippen LogP contribution in [0.3, 0.4) is 0 Å². The van der Waals surface area contributed by atoms with Crippen LogP contribution in [0.4, 0.5) is 17.1 Å². The van der Waals surface area contributed by atoms with Crippen LogP contribution in [-0.4, -0.2) is 40.9 Å². The molecular formula is C42H31NO8. The van der Waals surface area contributed by atoms with Gasteiger partial charge < -0.3 is 40.9 Å². The third-order valence-corrected chi connectivity index (χ3v) is 8.70. The third-order valence-electron chi connectivity index (χ3n) is 8.70. The van der Waals surface area contributed by atoms with Gasteiger partial charge in [0.15, 0.2) is 46.0 Å². The molecule has 0 heterocycles. The van der Waals surface area contributed by atoms with Gasteiger partial charge in [0.2, 0.25) is 0 Å². The molecule has 7 rings (SSSR count). The number of phenolic OH excluding ortho intramolecular Hbond substituents is 8. The number of benzene rings is 7. The predicted octanol–water partition coefficient (Wildman–Crippen LogP) is 9.47. The zero-order chi connectivity index (χ0) is 35.8. The van der Waals surface area contributed by atoms with Crippen LogP contribution in [0.2, 0.25) is 0 Å². The van der Waals surface area contributed by atoms with Gasteiger partial charge in [-0.1, -0.05) is 121 Å². The summed E-state index contributed by atoms with van der Waals surface area (Å²) in [4.78, 5) is 0.955. The fourth-order valence-electron chi connectivity index (χ4n) is 6.26. The fraction of sp³-hybridized carbons (Fsp3) is 0. The minimum atomic E-state index is -0.944. The Labute approximate surface area is 292 Å². The van der Waals surface area contributed by atoms with Gasteiger partial charge in [-0.25, -0.2) is 0 Å². The number of anilines is 3. The molecule has 0 atom stereocenters. The molecular weight excluding hydrogens is 646 g/mol. The fourth-order valence-corrected chi connectivity index (χ4v) is 6.26. The molecule has 0 saturated heterocycles. The number of rotatable bonds is 7. The number of hydrogen-bond acceptors (Lipinski definition) is 9. The maximum Gasteiger partial charge on any atom is 0.186 e. The summed E-state index contributed by atoms with van der Waals surface area (Å²) in [7, 11) is 0. The van der Waals surface area contributed by atoms with Crippen molar-refractivity contribution in [3.8, 4) is 90.5 Å². The van der Waals surface area contributed by atoms with E-state index in [4.69, 9.17) is 0 Å². The van der Waals surface area contributed by atoms with Crippen molar-refractivity contribution >= 4 is 17.1 Å². The van der Waals surface area contributed by atoms with E-state index >= 15 is 0 Å². The standard InChI is InChI=1S/C42H31NO8/c44-35-31(26-17-9-3-10-18-26)36(45)40(49)33(39(35)48)43(34-41(50)37(46)32(38(47)42(34)51)27-19-11-4-12-20-27)30-22-28(24-13-5-1-6-14-24)21-29(23-30)25-15-7-2-8-16-25/h1-23,44-51H. The van der Waals surface area contributed by atoms with Gasteiger partial charge in [-0.2, -0.15) is 0 Å². The normalized spacial score (nSPS) is 11.0. The van der Waals surface area contributed by atoms with Crippen LogP contribution in [0.25, 0.3) is 44.5 Å². The van der Waals surface area contributed by atoms with Gasteiger partial charge in [0, 0.05) is 5.69 Å². The van der Waals surface area contributed by atoms with Crippen LogP contribution in [0, 0.1) is 0 Å². The van der Waals surface area contributed by atoms with Crippen LogP contribution in [0.15, 0.2) is 140 Å². The largest absolute Gasteiger partial charge is 0.504 e. The SMILES string of the molecule is Oc1c(O)c(N(c2cc(-c3ccccc3)cc(-c3ccccc3)c2)c2c(O)c(O)c(-c3ccccc3)c(O)c2O)c(O)c(O)c1-c1ccccc1. The van der Waals surface area contributed by atoms with Crippen LogP contribution >= 0.6 is 0 Å². The summed E-state index contributed by atoms with van der Waals surface area (Å²) in [5.74, 6) is -7.08. The topological polar surface area (TPSA) is 165 Å². The second kappa shape index (κ2) is 13.0. The van der Waals surface area contributed by atoms with Crippen LogP contribution in [-0.2, 0) is 0 Å². The number of nitrogens with zero attached hydrogens (tertiary/aromatic N) is 1. The second-order valence-electron chi connectivity index (χ2n) is 11.8. The number of aromatic hydroxyl groups is 8. The minimum absolute atomic E-state index is 0.0731. The maximum atomic E-state index is 11.7. The molecule has 252 valence electrons. The molecule has 0 aliphatic heterocycles. The average molecular weight is 678 g/mol. The average Bonchev–Trinajstić information content (AvgIpc) is 3.17. The highest BCUT2D eigenvalue weighted by atomic mass is 16.3. The van der Waals surface area contributed by atoms with E-state index in [1.165, 1.54) is 0 Å². The lowest BCUT2D eigenvalue weighted by Crippen LogP contribution is -2.12. The number of phenols is 8. The Morgan fingerprint density at radius 3 is 0.843 bits per heavy atom. The lowest BCUT2D eigenvalue weighted by molar-refractivity contribution is 0.372. The second-order valence-corrected chi connectivity index (χ2v) is 11.8. The van der Waals surface area contributed by atoms with Crippen molar-refractivity contribution in [3.05, 3.63) is 140 Å². The molecule has 7 aromatic carbocycles. The van der Waals surface area contributed by atoms with E-state index in [1.807, 2.05) is 66.7 Å². The first-order chi connectivity index (χ1) is 24.7. The van der Waals surface area contributed by atoms with Crippen molar-refractivity contribution in [2.24, 2.45) is 0 Å². The highest BCUT2D eigenvalue weighted by Gasteiger charge is 2.35. The molecule has 0 fully saturated rings. The van der Waals surface area contributed by atoms with Gasteiger partial charge in [-0.3, -0.25) is 4.90 Å². The summed E-state index contributed by atoms with van der Waals surface area (Å²) in [6, 6.07) is 39.8. The highest BCUT2D eigenvalue weighted by Crippen LogP contribution is 2.63. The van der Waals surface area contributed by atoms with E-state index in [9.17, 15) is 40.9 Å². The quantitative estimate of drug-likeness (QED) is 0.0606. The number of hydrogen-bond donors (Lipinski definition) is 8. The summed E-state index contributed by atoms with van der Waals surface area (Å²) >= 11 is 0. The van der Waals surface area contributed by atoms with E-state index in [1.54, 1.807) is 72.8 Å². The van der Waals surface area contributed by atoms with Crippen molar-refractivity contribution in [2.75, 3.05) is 4.90 Å². The van der Waals surface area contributed by atoms with E-state index < -0.39 is 57.4 Å². The van der Waals surface area contributed by atoms with Crippen molar-refractivity contribution in [2.45, 2.75) is 0 Å². The minimum Gasteiger partial charge on any atom is -0.504 e. The first-order valence-electron chi connectivity index (χ1n) is 15.8. The first kappa shape index (κ1) is 32.3. The molecule has 0 amide bonds. The van der Waals surface area contributed by atoms with E-state index in [0.29, 0.717) is 11.1 Å². The van der Waals surface area contributed by atoms with E-state index in [-0.39, 0.29) is 27.9 Å². The predicted molar refractivity (Wildman–Crippen MR) is 196 cm³/mol. The third kappa shape index (κ3) is 5.58. The van der Waals surface area contributed by atoms with Crippen LogP contribution in [0.1, 0.15) is 0 Å². The van der Waals surface area contributed by atoms with E-state index in [0.717, 1.165) is 16.0 Å². The molecule has 0 spiro atoms. The molecule has 8 N–H and O–H groups in total. The summed E-state index contributed by atoms with van der Waals surface area (Å²) in [6.07, 6.45) is 0. The Balaban J connectivity index is 1.59. The van der Waals surface area contributed by atoms with Gasteiger partial charge in [-0.05, 0) is 51.6 Å². The summed E-state index contributed by atoms with van der Waals surface area (Å²) < 4.78 is 0. The Hall–Kier alpha value is -7.26. The molecule has 0 unspecified atom stereocenters. The molecule has 0 aliphatic carbocycles. The highest BCUT2D eigenvalue weighted by molar-refractivity contribution is 6.00. The summed E-state index contributed by atoms with van der Waals surface area (Å²) in [5.41, 5.74) is 1.45. The van der Waals surface area contributed by atoms with Crippen molar-refractivity contribution in [1.29, 1.82) is 0 Å². The van der Waals surface area contributed by atoms with Crippen molar-refractivity contribution < 1.29 is 40.9 Å². The Kier molecular flexibility index (Phi) is 8.22. The zero-order valence-electron chi connectivity index (χ0n) is 26.8. The summed E-state index contributed by atoms with van der Waals surface area (Å²) in [6.45, 7) is 0. The Bertz CT molecular complexity index is 2160.